The molecule has 1 unspecified atom stereocenters. The number of amides is 1. The SMILES string of the molecule is CC(C)CNc1nc(N)c(C(=O)N2CCCC(C)(O)C2)s1. The number of nitrogens with one attached hydrogen (secondary N) is 1. The van der Waals surface area contributed by atoms with E-state index in [0.29, 0.717) is 29.0 Å². The fourth-order valence-electron chi connectivity index (χ4n) is 2.39. The molecular weight excluding hydrogens is 288 g/mol. The Morgan fingerprint density at radius 2 is 2.33 bits per heavy atom. The summed E-state index contributed by atoms with van der Waals surface area (Å²) in [5.74, 6) is 0.621. The van der Waals surface area contributed by atoms with E-state index >= 15 is 0 Å². The molecule has 2 rings (SSSR count). The Kier molecular flexibility index (Phi) is 4.73. The molecule has 0 aromatic carbocycles. The van der Waals surface area contributed by atoms with E-state index in [1.807, 2.05) is 0 Å². The van der Waals surface area contributed by atoms with Crippen molar-refractivity contribution in [3.63, 3.8) is 0 Å². The topological polar surface area (TPSA) is 91.5 Å². The highest BCUT2D eigenvalue weighted by molar-refractivity contribution is 7.18. The Hall–Kier alpha value is -1.34. The summed E-state index contributed by atoms with van der Waals surface area (Å²) in [6, 6.07) is 0. The second kappa shape index (κ2) is 6.19. The quantitative estimate of drug-likeness (QED) is 0.788. The zero-order valence-electron chi connectivity index (χ0n) is 12.8. The van der Waals surface area contributed by atoms with Gasteiger partial charge in [0.15, 0.2) is 5.13 Å². The molecule has 0 aliphatic carbocycles. The van der Waals surface area contributed by atoms with Gasteiger partial charge in [-0.2, -0.15) is 0 Å². The smallest absolute Gasteiger partial charge is 0.267 e. The summed E-state index contributed by atoms with van der Waals surface area (Å²) >= 11 is 1.28. The zero-order valence-corrected chi connectivity index (χ0v) is 13.7. The molecule has 6 nitrogen and oxygen atoms in total. The lowest BCUT2D eigenvalue weighted by Crippen LogP contribution is -2.48. The van der Waals surface area contributed by atoms with Crippen molar-refractivity contribution in [1.82, 2.24) is 9.88 Å². The van der Waals surface area contributed by atoms with Crippen LogP contribution in [-0.2, 0) is 0 Å². The first kappa shape index (κ1) is 16.0. The molecule has 1 fully saturated rings. The van der Waals surface area contributed by atoms with Crippen molar-refractivity contribution in [1.29, 1.82) is 0 Å². The van der Waals surface area contributed by atoms with E-state index in [4.69, 9.17) is 5.73 Å². The molecule has 1 aromatic rings. The third-order valence-corrected chi connectivity index (χ3v) is 4.49. The summed E-state index contributed by atoms with van der Waals surface area (Å²) in [5, 5.41) is 14.0. The van der Waals surface area contributed by atoms with E-state index in [2.05, 4.69) is 24.1 Å². The average Bonchev–Trinajstić information content (AvgIpc) is 2.75. The lowest BCUT2D eigenvalue weighted by Gasteiger charge is -2.36. The maximum atomic E-state index is 12.5. The van der Waals surface area contributed by atoms with Crippen LogP contribution in [0.2, 0.25) is 0 Å². The molecule has 1 aromatic heterocycles. The second-order valence-corrected chi connectivity index (χ2v) is 7.33. The Morgan fingerprint density at radius 1 is 1.62 bits per heavy atom. The molecular formula is C14H24N4O2S. The maximum absolute atomic E-state index is 12.5. The number of anilines is 2. The number of carbonyl (C=O) groups is 1. The molecule has 118 valence electrons. The average molecular weight is 312 g/mol. The van der Waals surface area contributed by atoms with Crippen molar-refractivity contribution >= 4 is 28.2 Å². The number of aromatic nitrogens is 1. The fraction of sp³-hybridized carbons (Fsp3) is 0.714. The van der Waals surface area contributed by atoms with E-state index in [0.717, 1.165) is 19.4 Å². The highest BCUT2D eigenvalue weighted by Gasteiger charge is 2.32. The van der Waals surface area contributed by atoms with E-state index < -0.39 is 5.60 Å². The number of β-amino-alcohol motifs (C(OH)–C–C–N with tert-alkyl or cyclic N) is 1. The van der Waals surface area contributed by atoms with E-state index in [1.54, 1.807) is 11.8 Å². The van der Waals surface area contributed by atoms with Gasteiger partial charge in [0.2, 0.25) is 0 Å². The van der Waals surface area contributed by atoms with Gasteiger partial charge in [-0.15, -0.1) is 0 Å². The molecule has 0 radical (unpaired) electrons. The predicted octanol–water partition coefficient (Wildman–Crippen LogP) is 1.78. The molecule has 2 heterocycles. The molecule has 7 heteroatoms. The van der Waals surface area contributed by atoms with Gasteiger partial charge in [0.05, 0.1) is 5.60 Å². The number of hydrogen-bond donors (Lipinski definition) is 3. The lowest BCUT2D eigenvalue weighted by atomic mass is 9.95. The van der Waals surface area contributed by atoms with Crippen LogP contribution in [-0.4, -0.2) is 46.1 Å². The number of nitrogens with zero attached hydrogens (tertiary/aromatic N) is 2. The van der Waals surface area contributed by atoms with Gasteiger partial charge < -0.3 is 21.1 Å². The van der Waals surface area contributed by atoms with Gasteiger partial charge in [0.25, 0.3) is 5.91 Å². The Bertz CT molecular complexity index is 513. The molecule has 21 heavy (non-hydrogen) atoms. The number of nitrogen functional groups attached to an aromatic ring is 1. The van der Waals surface area contributed by atoms with Crippen LogP contribution >= 0.6 is 11.3 Å². The summed E-state index contributed by atoms with van der Waals surface area (Å²) in [6.07, 6.45) is 1.52. The molecule has 0 saturated carbocycles. The number of rotatable bonds is 4. The Morgan fingerprint density at radius 3 is 2.95 bits per heavy atom. The standard InChI is InChI=1S/C14H24N4O2S/c1-9(2)7-16-13-17-11(15)10(21-13)12(19)18-6-4-5-14(3,20)8-18/h9,20H,4-8,15H2,1-3H3,(H,16,17). The van der Waals surface area contributed by atoms with Gasteiger partial charge in [0.1, 0.15) is 10.7 Å². The van der Waals surface area contributed by atoms with Crippen LogP contribution < -0.4 is 11.1 Å². The number of likely N-dealkylation sites (tertiary alicyclic amines) is 1. The highest BCUT2D eigenvalue weighted by Crippen LogP contribution is 2.29. The minimum Gasteiger partial charge on any atom is -0.388 e. The number of nitrogens with two attached hydrogens (primary N) is 1. The number of thiazole rings is 1. The Balaban J connectivity index is 2.08. The van der Waals surface area contributed by atoms with Gasteiger partial charge in [-0.25, -0.2) is 4.98 Å². The summed E-state index contributed by atoms with van der Waals surface area (Å²) in [7, 11) is 0. The van der Waals surface area contributed by atoms with Crippen LogP contribution in [0.25, 0.3) is 0 Å². The van der Waals surface area contributed by atoms with Crippen LogP contribution in [0.4, 0.5) is 10.9 Å². The van der Waals surface area contributed by atoms with Crippen molar-refractivity contribution < 1.29 is 9.90 Å². The second-order valence-electron chi connectivity index (χ2n) is 6.34. The monoisotopic (exact) mass is 312 g/mol. The maximum Gasteiger partial charge on any atom is 0.267 e. The van der Waals surface area contributed by atoms with Gasteiger partial charge in [0, 0.05) is 19.6 Å². The first-order valence-electron chi connectivity index (χ1n) is 7.30. The first-order valence-corrected chi connectivity index (χ1v) is 8.12. The van der Waals surface area contributed by atoms with Crippen molar-refractivity contribution in [2.75, 3.05) is 30.7 Å². The van der Waals surface area contributed by atoms with E-state index in [9.17, 15) is 9.90 Å². The number of hydrogen-bond acceptors (Lipinski definition) is 6. The molecule has 4 N–H and O–H groups in total. The van der Waals surface area contributed by atoms with E-state index in [-0.39, 0.29) is 11.7 Å². The minimum absolute atomic E-state index is 0.137. The summed E-state index contributed by atoms with van der Waals surface area (Å²) in [6.45, 7) is 7.76. The minimum atomic E-state index is -0.813. The molecule has 1 saturated heterocycles. The van der Waals surface area contributed by atoms with Crippen LogP contribution in [0.1, 0.15) is 43.3 Å². The van der Waals surface area contributed by atoms with Crippen LogP contribution in [0.5, 0.6) is 0 Å². The zero-order chi connectivity index (χ0) is 15.6. The van der Waals surface area contributed by atoms with Gasteiger partial charge >= 0.3 is 0 Å². The molecule has 1 aliphatic rings. The van der Waals surface area contributed by atoms with Gasteiger partial charge in [-0.05, 0) is 25.7 Å². The predicted molar refractivity (Wildman–Crippen MR) is 85.6 cm³/mol. The van der Waals surface area contributed by atoms with Crippen molar-refractivity contribution in [3.05, 3.63) is 4.88 Å². The molecule has 1 atom stereocenters. The fourth-order valence-corrected chi connectivity index (χ4v) is 3.25. The third kappa shape index (κ3) is 4.07. The van der Waals surface area contributed by atoms with Crippen molar-refractivity contribution in [3.8, 4) is 0 Å². The Labute approximate surface area is 129 Å². The largest absolute Gasteiger partial charge is 0.388 e. The van der Waals surface area contributed by atoms with Crippen LogP contribution in [0, 0.1) is 5.92 Å². The van der Waals surface area contributed by atoms with Crippen LogP contribution in [0.15, 0.2) is 0 Å². The van der Waals surface area contributed by atoms with Crippen LogP contribution in [0.3, 0.4) is 0 Å². The summed E-state index contributed by atoms with van der Waals surface area (Å²) < 4.78 is 0. The number of aliphatic hydroxyl groups is 1. The summed E-state index contributed by atoms with van der Waals surface area (Å²) in [4.78, 5) is 18.9. The summed E-state index contributed by atoms with van der Waals surface area (Å²) in [5.41, 5.74) is 5.06. The highest BCUT2D eigenvalue weighted by atomic mass is 32.1. The van der Waals surface area contributed by atoms with E-state index in [1.165, 1.54) is 11.3 Å². The van der Waals surface area contributed by atoms with Gasteiger partial charge in [-0.3, -0.25) is 4.79 Å². The number of piperidine rings is 1. The first-order chi connectivity index (χ1) is 9.78. The molecule has 1 aliphatic heterocycles. The number of carbonyl (C=O) groups excluding carboxylic acids is 1. The van der Waals surface area contributed by atoms with Crippen molar-refractivity contribution in [2.24, 2.45) is 5.92 Å². The third-order valence-electron chi connectivity index (χ3n) is 3.47. The normalized spacial score (nSPS) is 22.6. The van der Waals surface area contributed by atoms with Crippen molar-refractivity contribution in [2.45, 2.75) is 39.2 Å². The molecule has 1 amide bonds. The lowest BCUT2D eigenvalue weighted by molar-refractivity contribution is -0.0105. The molecule has 0 bridgehead atoms. The van der Waals surface area contributed by atoms with Gasteiger partial charge in [-0.1, -0.05) is 25.2 Å². The molecule has 0 spiro atoms.